The topological polar surface area (TPSA) is 86.5 Å². The van der Waals surface area contributed by atoms with Gasteiger partial charge in [-0.25, -0.2) is 5.43 Å². The molecule has 0 spiro atoms. The number of benzene rings is 3. The molecule has 37 heavy (non-hydrogen) atoms. The maximum absolute atomic E-state index is 5.96. The minimum absolute atomic E-state index is 0.339. The summed E-state index contributed by atoms with van der Waals surface area (Å²) in [6, 6.07) is 21.9. The summed E-state index contributed by atoms with van der Waals surface area (Å²) in [6.07, 6.45) is 3.84. The van der Waals surface area contributed by atoms with E-state index in [1.807, 2.05) is 54.6 Å². The Kier molecular flexibility index (Phi) is 7.60. The van der Waals surface area contributed by atoms with Crippen molar-refractivity contribution in [3.8, 4) is 11.5 Å². The van der Waals surface area contributed by atoms with E-state index < -0.39 is 0 Å². The smallest absolute Gasteiger partial charge is 0.265 e. The lowest BCUT2D eigenvalue weighted by molar-refractivity contribution is 0.284. The van der Waals surface area contributed by atoms with Crippen molar-refractivity contribution in [3.63, 3.8) is 0 Å². The average Bonchev–Trinajstić information content (AvgIpc) is 3.24. The van der Waals surface area contributed by atoms with Crippen molar-refractivity contribution < 1.29 is 9.47 Å². The second-order valence-electron chi connectivity index (χ2n) is 8.53. The third-order valence-electron chi connectivity index (χ3n) is 5.98. The summed E-state index contributed by atoms with van der Waals surface area (Å²) < 4.78 is 14.7. The van der Waals surface area contributed by atoms with E-state index in [2.05, 4.69) is 60.3 Å². The molecule has 0 atom stereocenters. The van der Waals surface area contributed by atoms with Crippen molar-refractivity contribution in [2.75, 3.05) is 12.5 Å². The van der Waals surface area contributed by atoms with E-state index in [1.54, 1.807) is 13.3 Å². The quantitative estimate of drug-likeness (QED) is 0.154. The van der Waals surface area contributed by atoms with Crippen molar-refractivity contribution >= 4 is 50.2 Å². The number of nitrogens with zero attached hydrogens (tertiary/aromatic N) is 5. The van der Waals surface area contributed by atoms with Gasteiger partial charge in [0.25, 0.3) is 5.95 Å². The van der Waals surface area contributed by atoms with E-state index in [0.29, 0.717) is 24.1 Å². The van der Waals surface area contributed by atoms with Crippen LogP contribution in [0, 0.1) is 0 Å². The molecule has 0 unspecified atom stereocenters. The van der Waals surface area contributed by atoms with E-state index >= 15 is 0 Å². The lowest BCUT2D eigenvalue weighted by Crippen LogP contribution is -2.03. The van der Waals surface area contributed by atoms with Gasteiger partial charge in [-0.05, 0) is 53.9 Å². The van der Waals surface area contributed by atoms with Gasteiger partial charge in [0, 0.05) is 16.4 Å². The molecule has 0 saturated carbocycles. The Labute approximate surface area is 223 Å². The summed E-state index contributed by atoms with van der Waals surface area (Å²) in [6.45, 7) is 3.50. The van der Waals surface area contributed by atoms with E-state index in [-0.39, 0.29) is 0 Å². The van der Waals surface area contributed by atoms with Crippen LogP contribution in [0.5, 0.6) is 11.5 Å². The van der Waals surface area contributed by atoms with Crippen LogP contribution in [-0.2, 0) is 13.2 Å². The molecule has 1 N–H and O–H groups in total. The molecular formula is C28H27BrN6O2. The molecule has 0 bridgehead atoms. The van der Waals surface area contributed by atoms with Crippen LogP contribution in [0.2, 0.25) is 0 Å². The number of unbranched alkanes of at least 4 members (excludes halogenated alkanes) is 1. The Morgan fingerprint density at radius 3 is 2.68 bits per heavy atom. The second kappa shape index (κ2) is 11.4. The number of ether oxygens (including phenoxy) is 2. The van der Waals surface area contributed by atoms with Crippen LogP contribution in [0.25, 0.3) is 22.1 Å². The summed E-state index contributed by atoms with van der Waals surface area (Å²) in [5.74, 6) is 1.62. The molecule has 0 aliphatic carbocycles. The first-order valence-corrected chi connectivity index (χ1v) is 12.9. The Hall–Kier alpha value is -3.98. The number of para-hydroxylation sites is 1. The van der Waals surface area contributed by atoms with Crippen LogP contribution in [0.3, 0.4) is 0 Å². The Morgan fingerprint density at radius 1 is 1.03 bits per heavy atom. The van der Waals surface area contributed by atoms with E-state index in [9.17, 15) is 0 Å². The highest BCUT2D eigenvalue weighted by atomic mass is 79.9. The highest BCUT2D eigenvalue weighted by Gasteiger charge is 2.14. The van der Waals surface area contributed by atoms with Gasteiger partial charge in [-0.3, -0.25) is 0 Å². The number of fused-ring (bicyclic) bond motifs is 3. The molecule has 188 valence electrons. The van der Waals surface area contributed by atoms with E-state index in [4.69, 9.17) is 14.5 Å². The summed E-state index contributed by atoms with van der Waals surface area (Å²) in [4.78, 5) is 4.72. The molecule has 9 heteroatoms. The van der Waals surface area contributed by atoms with Crippen LogP contribution < -0.4 is 14.9 Å². The molecule has 0 radical (unpaired) electrons. The van der Waals surface area contributed by atoms with E-state index in [0.717, 1.165) is 57.1 Å². The van der Waals surface area contributed by atoms with Crippen LogP contribution in [0.15, 0.2) is 76.3 Å². The molecule has 0 fully saturated rings. The van der Waals surface area contributed by atoms with Gasteiger partial charge in [-0.2, -0.15) is 10.1 Å². The van der Waals surface area contributed by atoms with Crippen molar-refractivity contribution in [3.05, 3.63) is 82.3 Å². The highest BCUT2D eigenvalue weighted by molar-refractivity contribution is 9.10. The zero-order valence-electron chi connectivity index (χ0n) is 20.7. The number of nitrogens with one attached hydrogen (secondary N) is 1. The predicted molar refractivity (Wildman–Crippen MR) is 150 cm³/mol. The van der Waals surface area contributed by atoms with Gasteiger partial charge in [0.05, 0.1) is 18.8 Å². The van der Waals surface area contributed by atoms with Crippen LogP contribution >= 0.6 is 15.9 Å². The number of halogens is 1. The molecule has 2 aromatic heterocycles. The number of aromatic nitrogens is 4. The van der Waals surface area contributed by atoms with E-state index in [1.165, 1.54) is 0 Å². The molecule has 5 aromatic rings. The summed E-state index contributed by atoms with van der Waals surface area (Å²) in [5.41, 5.74) is 7.53. The molecule has 0 aliphatic heterocycles. The molecule has 8 nitrogen and oxygen atoms in total. The zero-order chi connectivity index (χ0) is 25.6. The Morgan fingerprint density at radius 2 is 1.86 bits per heavy atom. The first-order valence-electron chi connectivity index (χ1n) is 12.1. The maximum atomic E-state index is 5.96. The number of aryl methyl sites for hydroxylation is 1. The van der Waals surface area contributed by atoms with Crippen LogP contribution in [-0.4, -0.2) is 33.1 Å². The van der Waals surface area contributed by atoms with Crippen molar-refractivity contribution in [1.29, 1.82) is 0 Å². The molecule has 2 heterocycles. The fourth-order valence-electron chi connectivity index (χ4n) is 4.08. The monoisotopic (exact) mass is 558 g/mol. The normalized spacial score (nSPS) is 11.4. The lowest BCUT2D eigenvalue weighted by atomic mass is 10.2. The summed E-state index contributed by atoms with van der Waals surface area (Å²) in [5, 5.41) is 14.1. The molecule has 5 rings (SSSR count). The Balaban J connectivity index is 1.31. The summed E-state index contributed by atoms with van der Waals surface area (Å²) >= 11 is 3.45. The number of rotatable bonds is 10. The van der Waals surface area contributed by atoms with Gasteiger partial charge in [0.1, 0.15) is 12.1 Å². The van der Waals surface area contributed by atoms with Gasteiger partial charge < -0.3 is 14.0 Å². The van der Waals surface area contributed by atoms with Gasteiger partial charge >= 0.3 is 0 Å². The molecular weight excluding hydrogens is 532 g/mol. The first-order chi connectivity index (χ1) is 18.2. The first kappa shape index (κ1) is 24.7. The molecule has 0 aliphatic rings. The molecule has 0 amide bonds. The predicted octanol–water partition coefficient (Wildman–Crippen LogP) is 6.58. The Bertz CT molecular complexity index is 1550. The minimum atomic E-state index is 0.339. The number of hydrogen-bond acceptors (Lipinski definition) is 7. The van der Waals surface area contributed by atoms with Gasteiger partial charge in [-0.15, -0.1) is 10.2 Å². The van der Waals surface area contributed by atoms with Crippen molar-refractivity contribution in [2.45, 2.75) is 32.9 Å². The average molecular weight is 559 g/mol. The fourth-order valence-corrected chi connectivity index (χ4v) is 4.35. The van der Waals surface area contributed by atoms with Gasteiger partial charge in [-0.1, -0.05) is 59.6 Å². The number of methoxy groups -OCH3 is 1. The lowest BCUT2D eigenvalue weighted by Gasteiger charge is -2.11. The number of hydrogen-bond donors (Lipinski definition) is 1. The third-order valence-corrected chi connectivity index (χ3v) is 6.51. The molecule has 0 saturated heterocycles. The number of anilines is 1. The van der Waals surface area contributed by atoms with Crippen molar-refractivity contribution in [2.24, 2.45) is 5.10 Å². The highest BCUT2D eigenvalue weighted by Crippen LogP contribution is 2.29. The second-order valence-corrected chi connectivity index (χ2v) is 9.44. The minimum Gasteiger partial charge on any atom is -0.493 e. The fraction of sp³-hybridized carbons (Fsp3) is 0.214. The third kappa shape index (κ3) is 5.56. The van der Waals surface area contributed by atoms with Crippen molar-refractivity contribution in [1.82, 2.24) is 19.7 Å². The number of hydrazone groups is 1. The maximum Gasteiger partial charge on any atom is 0.265 e. The zero-order valence-corrected chi connectivity index (χ0v) is 22.3. The van der Waals surface area contributed by atoms with Gasteiger partial charge in [0.15, 0.2) is 17.1 Å². The van der Waals surface area contributed by atoms with Gasteiger partial charge in [0.2, 0.25) is 0 Å². The molecule has 3 aromatic carbocycles. The standard InChI is InChI=1S/C28H27BrN6O2/c1-3-4-15-35-23-8-6-5-7-22(23)26-27(35)31-28(34-32-26)33-30-17-20-11-14-24(25(16-20)36-2)37-18-19-9-12-21(29)13-10-19/h5-14,16-17H,3-4,15,18H2,1-2H3,(H,31,33,34)/b30-17+. The van der Waals surface area contributed by atoms with Crippen LogP contribution in [0.1, 0.15) is 30.9 Å². The van der Waals surface area contributed by atoms with Crippen LogP contribution in [0.4, 0.5) is 5.95 Å². The summed E-state index contributed by atoms with van der Waals surface area (Å²) in [7, 11) is 1.62. The SMILES string of the molecule is CCCCn1c2ccccc2c2nnc(N/N=C/c3ccc(OCc4ccc(Br)cc4)c(OC)c3)nc21. The largest absolute Gasteiger partial charge is 0.493 e.